The number of ether oxygens (including phenoxy) is 2. The second-order valence-corrected chi connectivity index (χ2v) is 7.84. The monoisotopic (exact) mass is 462 g/mol. The van der Waals surface area contributed by atoms with Crippen molar-refractivity contribution in [3.8, 4) is 22.1 Å². The van der Waals surface area contributed by atoms with Crippen molar-refractivity contribution in [1.29, 1.82) is 0 Å². The molecule has 33 heavy (non-hydrogen) atoms. The number of halogens is 1. The van der Waals surface area contributed by atoms with Gasteiger partial charge in [-0.05, 0) is 60.7 Å². The van der Waals surface area contributed by atoms with E-state index in [-0.39, 0.29) is 18.1 Å². The van der Waals surface area contributed by atoms with Crippen LogP contribution < -0.4 is 14.8 Å². The third-order valence-electron chi connectivity index (χ3n) is 4.66. The predicted octanol–water partition coefficient (Wildman–Crippen LogP) is 5.36. The number of rotatable bonds is 7. The minimum atomic E-state index is -0.461. The molecule has 1 N–H and O–H groups in total. The highest BCUT2D eigenvalue weighted by Crippen LogP contribution is 2.25. The maximum Gasteiger partial charge on any atom is 0.317 e. The fraction of sp³-hybridized carbons (Fsp3) is 0.0800. The van der Waals surface area contributed by atoms with Crippen LogP contribution in [0.2, 0.25) is 0 Å². The number of methoxy groups -OCH3 is 1. The highest BCUT2D eigenvalue weighted by Gasteiger charge is 2.13. The van der Waals surface area contributed by atoms with Crippen molar-refractivity contribution in [3.05, 3.63) is 95.3 Å². The van der Waals surface area contributed by atoms with Crippen LogP contribution in [0.25, 0.3) is 10.6 Å². The number of esters is 1. The van der Waals surface area contributed by atoms with Gasteiger partial charge < -0.3 is 14.8 Å². The molecule has 4 rings (SSSR count). The molecule has 8 heteroatoms. The fourth-order valence-electron chi connectivity index (χ4n) is 3.07. The number of nitrogens with zero attached hydrogens (tertiary/aromatic N) is 1. The van der Waals surface area contributed by atoms with E-state index < -0.39 is 5.97 Å². The number of benzene rings is 3. The minimum Gasteiger partial charge on any atom is -0.496 e. The average molecular weight is 463 g/mol. The Morgan fingerprint density at radius 2 is 1.73 bits per heavy atom. The highest BCUT2D eigenvalue weighted by atomic mass is 32.1. The number of anilines is 1. The lowest BCUT2D eigenvalue weighted by Gasteiger charge is -2.09. The van der Waals surface area contributed by atoms with Gasteiger partial charge in [0.25, 0.3) is 5.91 Å². The molecule has 0 saturated heterocycles. The summed E-state index contributed by atoms with van der Waals surface area (Å²) in [6.07, 6.45) is 0.00395. The van der Waals surface area contributed by atoms with Gasteiger partial charge in [-0.1, -0.05) is 12.1 Å². The van der Waals surface area contributed by atoms with Gasteiger partial charge in [-0.2, -0.15) is 0 Å². The normalized spacial score (nSPS) is 10.5. The molecule has 0 aliphatic heterocycles. The van der Waals surface area contributed by atoms with Gasteiger partial charge >= 0.3 is 5.97 Å². The van der Waals surface area contributed by atoms with Gasteiger partial charge in [0.15, 0.2) is 0 Å². The molecule has 0 fully saturated rings. The Balaban J connectivity index is 1.34. The summed E-state index contributed by atoms with van der Waals surface area (Å²) in [5, 5.41) is 5.26. The zero-order valence-electron chi connectivity index (χ0n) is 17.6. The minimum absolute atomic E-state index is 0.00395. The summed E-state index contributed by atoms with van der Waals surface area (Å²) in [5.41, 5.74) is 2.32. The second-order valence-electron chi connectivity index (χ2n) is 6.98. The Morgan fingerprint density at radius 3 is 2.45 bits per heavy atom. The van der Waals surface area contributed by atoms with Crippen LogP contribution in [0, 0.1) is 5.82 Å². The lowest BCUT2D eigenvalue weighted by molar-refractivity contribution is -0.133. The lowest BCUT2D eigenvalue weighted by atomic mass is 10.2. The maximum atomic E-state index is 13.1. The van der Waals surface area contributed by atoms with E-state index in [0.717, 1.165) is 5.56 Å². The van der Waals surface area contributed by atoms with Gasteiger partial charge in [-0.25, -0.2) is 9.37 Å². The molecule has 4 aromatic rings. The molecular formula is C25H19FN2O4S. The van der Waals surface area contributed by atoms with Crippen LogP contribution in [0.4, 0.5) is 10.1 Å². The van der Waals surface area contributed by atoms with E-state index in [2.05, 4.69) is 10.3 Å². The van der Waals surface area contributed by atoms with Gasteiger partial charge in [-0.15, -0.1) is 11.3 Å². The van der Waals surface area contributed by atoms with Crippen molar-refractivity contribution in [1.82, 2.24) is 4.98 Å². The molecule has 0 bridgehead atoms. The quantitative estimate of drug-likeness (QED) is 0.296. The molecule has 0 saturated carbocycles. The number of amides is 1. The smallest absolute Gasteiger partial charge is 0.317 e. The molecule has 0 aliphatic rings. The summed E-state index contributed by atoms with van der Waals surface area (Å²) >= 11 is 1.37. The standard InChI is InChI=1S/C25H19FN2O4S/c1-31-22-5-3-2-4-21(22)24(30)27-18-10-12-20(13-11-18)32-23(29)14-19-15-33-25(28-19)16-6-8-17(26)9-7-16/h2-13,15H,14H2,1H3,(H,27,30). The van der Waals surface area contributed by atoms with Gasteiger partial charge in [0, 0.05) is 16.6 Å². The Bertz CT molecular complexity index is 1270. The van der Waals surface area contributed by atoms with Crippen LogP contribution in [0.3, 0.4) is 0 Å². The number of hydrogen-bond acceptors (Lipinski definition) is 6. The van der Waals surface area contributed by atoms with E-state index in [4.69, 9.17) is 9.47 Å². The Kier molecular flexibility index (Phi) is 6.75. The van der Waals surface area contributed by atoms with Crippen molar-refractivity contribution in [2.24, 2.45) is 0 Å². The molecule has 1 amide bonds. The Morgan fingerprint density at radius 1 is 1.00 bits per heavy atom. The molecule has 1 aromatic heterocycles. The van der Waals surface area contributed by atoms with Crippen molar-refractivity contribution < 1.29 is 23.5 Å². The van der Waals surface area contributed by atoms with Crippen LogP contribution in [0.5, 0.6) is 11.5 Å². The number of hydrogen-bond donors (Lipinski definition) is 1. The number of nitrogens with one attached hydrogen (secondary N) is 1. The molecular weight excluding hydrogens is 443 g/mol. The number of carbonyl (C=O) groups is 2. The summed E-state index contributed by atoms with van der Waals surface area (Å²) in [4.78, 5) is 29.2. The van der Waals surface area contributed by atoms with E-state index >= 15 is 0 Å². The zero-order chi connectivity index (χ0) is 23.2. The van der Waals surface area contributed by atoms with Crippen LogP contribution in [0.1, 0.15) is 16.1 Å². The lowest BCUT2D eigenvalue weighted by Crippen LogP contribution is -2.13. The van der Waals surface area contributed by atoms with E-state index in [1.165, 1.54) is 30.6 Å². The molecule has 166 valence electrons. The maximum absolute atomic E-state index is 13.1. The summed E-state index contributed by atoms with van der Waals surface area (Å²) in [6, 6.07) is 19.4. The topological polar surface area (TPSA) is 77.5 Å². The SMILES string of the molecule is COc1ccccc1C(=O)Nc1ccc(OC(=O)Cc2csc(-c3ccc(F)cc3)n2)cc1. The molecule has 3 aromatic carbocycles. The average Bonchev–Trinajstić information content (AvgIpc) is 3.29. The van der Waals surface area contributed by atoms with Crippen LogP contribution in [-0.4, -0.2) is 24.0 Å². The highest BCUT2D eigenvalue weighted by molar-refractivity contribution is 7.13. The van der Waals surface area contributed by atoms with E-state index in [1.807, 2.05) is 0 Å². The third-order valence-corrected chi connectivity index (χ3v) is 5.60. The van der Waals surface area contributed by atoms with Crippen molar-refractivity contribution in [3.63, 3.8) is 0 Å². The van der Waals surface area contributed by atoms with Gasteiger partial charge in [0.05, 0.1) is 24.8 Å². The summed E-state index contributed by atoms with van der Waals surface area (Å²) in [7, 11) is 1.50. The summed E-state index contributed by atoms with van der Waals surface area (Å²) in [5.74, 6) is -0.256. The third kappa shape index (κ3) is 5.61. The molecule has 0 unspecified atom stereocenters. The van der Waals surface area contributed by atoms with Crippen molar-refractivity contribution in [2.75, 3.05) is 12.4 Å². The van der Waals surface area contributed by atoms with Crippen LogP contribution in [0.15, 0.2) is 78.2 Å². The van der Waals surface area contributed by atoms with Crippen LogP contribution >= 0.6 is 11.3 Å². The van der Waals surface area contributed by atoms with Crippen molar-refractivity contribution >= 4 is 28.9 Å². The first-order valence-corrected chi connectivity index (χ1v) is 10.9. The van der Waals surface area contributed by atoms with Crippen molar-refractivity contribution in [2.45, 2.75) is 6.42 Å². The van der Waals surface area contributed by atoms with E-state index in [0.29, 0.717) is 33.5 Å². The summed E-state index contributed by atoms with van der Waals surface area (Å²) < 4.78 is 23.7. The number of carbonyl (C=O) groups excluding carboxylic acids is 2. The molecule has 6 nitrogen and oxygen atoms in total. The largest absolute Gasteiger partial charge is 0.496 e. The second kappa shape index (κ2) is 10.1. The first-order chi connectivity index (χ1) is 16.0. The molecule has 0 atom stereocenters. The Labute approximate surface area is 193 Å². The fourth-order valence-corrected chi connectivity index (χ4v) is 3.89. The number of thiazole rings is 1. The first kappa shape index (κ1) is 22.2. The van der Waals surface area contributed by atoms with Gasteiger partial charge in [-0.3, -0.25) is 9.59 Å². The molecule has 1 heterocycles. The van der Waals surface area contributed by atoms with Gasteiger partial charge in [0.2, 0.25) is 0 Å². The number of aromatic nitrogens is 1. The van der Waals surface area contributed by atoms with E-state index in [1.54, 1.807) is 66.0 Å². The molecule has 0 radical (unpaired) electrons. The first-order valence-electron chi connectivity index (χ1n) is 9.97. The molecule has 0 aliphatic carbocycles. The van der Waals surface area contributed by atoms with Crippen LogP contribution in [-0.2, 0) is 11.2 Å². The Hall–Kier alpha value is -4.04. The predicted molar refractivity (Wildman–Crippen MR) is 124 cm³/mol. The van der Waals surface area contributed by atoms with E-state index in [9.17, 15) is 14.0 Å². The zero-order valence-corrected chi connectivity index (χ0v) is 18.4. The number of para-hydroxylation sites is 1. The molecule has 0 spiro atoms. The summed E-state index contributed by atoms with van der Waals surface area (Å²) in [6.45, 7) is 0. The van der Waals surface area contributed by atoms with Gasteiger partial charge in [0.1, 0.15) is 22.3 Å².